The molecular weight excluding hydrogens is 354 g/mol. The Morgan fingerprint density at radius 3 is 3.30 bits per heavy atom. The Labute approximate surface area is 79.4 Å². The molecular formula is C6H4I2N2. The Morgan fingerprint density at radius 2 is 2.40 bits per heavy atom. The first-order valence-corrected chi connectivity index (χ1v) is 7.14. The molecule has 0 spiro atoms. The maximum absolute atomic E-state index is 4.36. The van der Waals surface area contributed by atoms with E-state index >= 15 is 0 Å². The summed E-state index contributed by atoms with van der Waals surface area (Å²) in [6, 6.07) is 0. The van der Waals surface area contributed by atoms with Crippen LogP contribution in [0.3, 0.4) is 0 Å². The number of fused-ring (bicyclic) bond motifs is 1. The summed E-state index contributed by atoms with van der Waals surface area (Å²) < 4.78 is 13.1. The van der Waals surface area contributed by atoms with Gasteiger partial charge in [-0.3, -0.25) is 0 Å². The van der Waals surface area contributed by atoms with Crippen molar-refractivity contribution in [2.24, 2.45) is 6.35 Å². The first kappa shape index (κ1) is 6.96. The van der Waals surface area contributed by atoms with Crippen LogP contribution in [0.5, 0.6) is 0 Å². The Kier molecular flexibility index (Phi) is 2.17. The number of nitrogens with zero attached hydrogens (tertiary/aromatic N) is 2. The fraction of sp³-hybridized carbons (Fsp3) is 0. The van der Waals surface area contributed by atoms with Crippen molar-refractivity contribution in [3.8, 4) is 0 Å². The van der Waals surface area contributed by atoms with E-state index in [1.165, 1.54) is 5.57 Å². The lowest BCUT2D eigenvalue weighted by Gasteiger charge is -2.03. The molecule has 0 amide bonds. The van der Waals surface area contributed by atoms with Gasteiger partial charge < -0.3 is 0 Å². The van der Waals surface area contributed by atoms with E-state index in [2.05, 4.69) is 26.6 Å². The number of amidine groups is 1. The van der Waals surface area contributed by atoms with E-state index in [0.717, 1.165) is 5.84 Å². The third-order valence-corrected chi connectivity index (χ3v) is 3.95. The van der Waals surface area contributed by atoms with Crippen molar-refractivity contribution < 1.29 is 0 Å². The highest BCUT2D eigenvalue weighted by atomic mass is 127. The molecule has 0 radical (unpaired) electrons. The highest BCUT2D eigenvalue weighted by Crippen LogP contribution is 2.22. The van der Waals surface area contributed by atoms with Gasteiger partial charge in [-0.05, 0) is 20.2 Å². The topological polar surface area (TPSA) is 24.7 Å². The van der Waals surface area contributed by atoms with Crippen molar-refractivity contribution in [3.63, 3.8) is 0 Å². The molecule has 0 saturated heterocycles. The minimum atomic E-state index is -0.0547. The zero-order chi connectivity index (χ0) is 6.81. The van der Waals surface area contributed by atoms with Gasteiger partial charge in [-0.25, -0.2) is 6.35 Å². The van der Waals surface area contributed by atoms with E-state index in [9.17, 15) is 0 Å². The van der Waals surface area contributed by atoms with Crippen LogP contribution in [0.25, 0.3) is 0 Å². The summed E-state index contributed by atoms with van der Waals surface area (Å²) in [6.07, 6.45) is 4.27. The molecule has 2 aliphatic heterocycles. The van der Waals surface area contributed by atoms with Gasteiger partial charge in [0.1, 0.15) is 0 Å². The lowest BCUT2D eigenvalue weighted by molar-refractivity contribution is 1.67. The van der Waals surface area contributed by atoms with E-state index in [0.29, 0.717) is 0 Å². The molecule has 0 aromatic rings. The molecule has 0 aromatic heterocycles. The average Bonchev–Trinajstić information content (AvgIpc) is 2.05. The average molecular weight is 358 g/mol. The molecule has 2 nitrogen and oxygen atoms in total. The van der Waals surface area contributed by atoms with Gasteiger partial charge >= 0.3 is 0 Å². The van der Waals surface area contributed by atoms with Crippen LogP contribution in [0.15, 0.2) is 28.2 Å². The van der Waals surface area contributed by atoms with Gasteiger partial charge in [0.2, 0.25) is 0 Å². The van der Waals surface area contributed by atoms with Gasteiger partial charge in [0.25, 0.3) is 0 Å². The fourth-order valence-electron chi connectivity index (χ4n) is 0.657. The van der Waals surface area contributed by atoms with Crippen LogP contribution in [0.4, 0.5) is 0 Å². The fourth-order valence-corrected chi connectivity index (χ4v) is 3.79. The van der Waals surface area contributed by atoms with Crippen molar-refractivity contribution in [2.75, 3.05) is 0 Å². The van der Waals surface area contributed by atoms with Crippen LogP contribution in [0, 0.1) is 0 Å². The van der Waals surface area contributed by atoms with Crippen molar-refractivity contribution >= 4 is 51.9 Å². The van der Waals surface area contributed by atoms with Crippen LogP contribution in [0.2, 0.25) is 0 Å². The predicted octanol–water partition coefficient (Wildman–Crippen LogP) is 2.69. The minimum absolute atomic E-state index is 0.0547. The van der Waals surface area contributed by atoms with Crippen LogP contribution >= 0.6 is 42.0 Å². The molecule has 10 heavy (non-hydrogen) atoms. The van der Waals surface area contributed by atoms with Gasteiger partial charge in [0.15, 0.2) is 5.84 Å². The molecule has 2 heterocycles. The molecule has 0 bridgehead atoms. The molecule has 0 saturated carbocycles. The van der Waals surface area contributed by atoms with E-state index in [-0.39, 0.29) is 42.0 Å². The van der Waals surface area contributed by atoms with Gasteiger partial charge in [-0.15, -0.1) is 0 Å². The summed E-state index contributed by atoms with van der Waals surface area (Å²) in [5, 5.41) is 0. The van der Waals surface area contributed by atoms with E-state index < -0.39 is 0 Å². The van der Waals surface area contributed by atoms with Gasteiger partial charge in [-0.2, -0.15) is 0 Å². The third kappa shape index (κ3) is 1.31. The molecule has 0 unspecified atom stereocenters. The summed E-state index contributed by atoms with van der Waals surface area (Å²) in [6.45, 7) is 0. The second-order valence-electron chi connectivity index (χ2n) is 1.73. The Balaban J connectivity index is 2.52. The summed E-state index contributed by atoms with van der Waals surface area (Å²) in [7, 11) is 0. The summed E-state index contributed by atoms with van der Waals surface area (Å²) in [5.74, 6) is 1.02. The molecule has 0 fully saturated rings. The Hall–Kier alpha value is 0.280. The number of hydrogen-bond acceptors (Lipinski definition) is 2. The smallest absolute Gasteiger partial charge is 0.170 e. The van der Waals surface area contributed by atoms with E-state index in [1.807, 2.05) is 0 Å². The Morgan fingerprint density at radius 1 is 1.40 bits per heavy atom. The lowest BCUT2D eigenvalue weighted by Crippen LogP contribution is -1.97. The maximum Gasteiger partial charge on any atom is 0.170 e. The second-order valence-corrected chi connectivity index (χ2v) is 5.25. The molecule has 0 aromatic carbocycles. The van der Waals surface area contributed by atoms with E-state index in [4.69, 9.17) is 0 Å². The second kappa shape index (κ2) is 3.12. The third-order valence-electron chi connectivity index (χ3n) is 1.11. The van der Waals surface area contributed by atoms with Gasteiger partial charge in [0.05, 0.1) is 0 Å². The first-order chi connectivity index (χ1) is 4.97. The minimum Gasteiger partial charge on any atom is -0.201 e. The molecule has 4 heteroatoms. The van der Waals surface area contributed by atoms with Gasteiger partial charge in [-0.1, -0.05) is 0 Å². The molecule has 2 rings (SSSR count). The van der Waals surface area contributed by atoms with Crippen molar-refractivity contribution in [1.82, 2.24) is 0 Å². The molecule has 0 atom stereocenters. The predicted molar refractivity (Wildman–Crippen MR) is 61.2 cm³/mol. The van der Waals surface area contributed by atoms with Crippen LogP contribution < -0.4 is 0 Å². The highest BCUT2D eigenvalue weighted by molar-refractivity contribution is 14.2. The maximum atomic E-state index is 4.36. The SMILES string of the molecule is C1=CC2=CC=IN=C2N=I1. The summed E-state index contributed by atoms with van der Waals surface area (Å²) >= 11 is -0.109. The van der Waals surface area contributed by atoms with Crippen molar-refractivity contribution in [1.29, 1.82) is 0 Å². The van der Waals surface area contributed by atoms with Crippen LogP contribution in [0.1, 0.15) is 0 Å². The molecule has 2 aliphatic rings. The van der Waals surface area contributed by atoms with Crippen molar-refractivity contribution in [2.45, 2.75) is 0 Å². The summed E-state index contributed by atoms with van der Waals surface area (Å²) in [4.78, 5) is 0. The van der Waals surface area contributed by atoms with E-state index in [1.54, 1.807) is 0 Å². The number of allylic oxidation sites excluding steroid dienone is 1. The first-order valence-electron chi connectivity index (χ1n) is 2.72. The van der Waals surface area contributed by atoms with Crippen LogP contribution in [-0.4, -0.2) is 9.85 Å². The highest BCUT2D eigenvalue weighted by Gasteiger charge is 2.05. The van der Waals surface area contributed by atoms with Gasteiger partial charge in [0, 0.05) is 47.6 Å². The zero-order valence-corrected chi connectivity index (χ0v) is 9.27. The number of hydrogen-bond donors (Lipinski definition) is 0. The number of rotatable bonds is 0. The molecule has 52 valence electrons. The summed E-state index contributed by atoms with van der Waals surface area (Å²) in [5.41, 5.74) is 1.21. The normalized spacial score (nSPS) is 21.6. The molecule has 0 aliphatic carbocycles. The standard InChI is InChI=1S/C6H4I2N2/c1-3-7-9-6-5(1)2-4-8-10-6/h1-4H. The quantitative estimate of drug-likeness (QED) is 0.595. The lowest BCUT2D eigenvalue weighted by atomic mass is 10.2. The Bertz CT molecular complexity index is 267. The zero-order valence-electron chi connectivity index (χ0n) is 4.96. The number of halogens is 2. The molecule has 0 N–H and O–H groups in total. The van der Waals surface area contributed by atoms with Crippen LogP contribution in [-0.2, 0) is 0 Å². The monoisotopic (exact) mass is 358 g/mol. The van der Waals surface area contributed by atoms with Crippen molar-refractivity contribution in [3.05, 3.63) is 21.8 Å². The largest absolute Gasteiger partial charge is 0.201 e.